The van der Waals surface area contributed by atoms with E-state index in [1.807, 2.05) is 44.2 Å². The number of nitrogens with one attached hydrogen (secondary N) is 1. The van der Waals surface area contributed by atoms with Gasteiger partial charge >= 0.3 is 0 Å². The third-order valence-electron chi connectivity index (χ3n) is 4.23. The lowest BCUT2D eigenvalue weighted by atomic mass is 9.92. The molecule has 0 radical (unpaired) electrons. The van der Waals surface area contributed by atoms with Gasteiger partial charge in [0.1, 0.15) is 0 Å². The van der Waals surface area contributed by atoms with E-state index in [1.54, 1.807) is 6.07 Å². The second-order valence-corrected chi connectivity index (χ2v) is 6.91. The Bertz CT molecular complexity index is 886. The van der Waals surface area contributed by atoms with Crippen molar-refractivity contribution in [1.82, 2.24) is 5.32 Å². The molecule has 0 atom stereocenters. The fourth-order valence-corrected chi connectivity index (χ4v) is 3.06. The predicted octanol–water partition coefficient (Wildman–Crippen LogP) is 5.09. The summed E-state index contributed by atoms with van der Waals surface area (Å²) in [6, 6.07) is 21.9. The first-order chi connectivity index (χ1) is 11.5. The molecule has 0 aliphatic carbocycles. The molecular formula is C21H20ClNO. The number of hydrogen-bond acceptors (Lipinski definition) is 1. The molecule has 0 saturated heterocycles. The van der Waals surface area contributed by atoms with Crippen LogP contribution in [0.2, 0.25) is 5.02 Å². The first kappa shape index (κ1) is 16.5. The Balaban J connectivity index is 1.79. The van der Waals surface area contributed by atoms with Gasteiger partial charge in [0, 0.05) is 5.02 Å². The molecule has 0 spiro atoms. The van der Waals surface area contributed by atoms with Crippen molar-refractivity contribution in [3.63, 3.8) is 0 Å². The molecule has 0 saturated carbocycles. The van der Waals surface area contributed by atoms with Crippen LogP contribution in [-0.4, -0.2) is 5.91 Å². The average molecular weight is 338 g/mol. The summed E-state index contributed by atoms with van der Waals surface area (Å²) in [6.45, 7) is 4.03. The molecular weight excluding hydrogens is 318 g/mol. The molecule has 1 N–H and O–H groups in total. The van der Waals surface area contributed by atoms with Crippen molar-refractivity contribution in [2.24, 2.45) is 0 Å². The van der Waals surface area contributed by atoms with Crippen LogP contribution in [-0.2, 0) is 16.8 Å². The van der Waals surface area contributed by atoms with Crippen molar-refractivity contribution in [3.05, 3.63) is 82.9 Å². The Hall–Kier alpha value is -2.32. The summed E-state index contributed by atoms with van der Waals surface area (Å²) < 4.78 is 0. The molecule has 0 aliphatic rings. The topological polar surface area (TPSA) is 29.1 Å². The maximum absolute atomic E-state index is 12.4. The van der Waals surface area contributed by atoms with Gasteiger partial charge in [-0.2, -0.15) is 0 Å². The molecule has 3 aromatic carbocycles. The Morgan fingerprint density at radius 1 is 0.958 bits per heavy atom. The Labute approximate surface area is 147 Å². The van der Waals surface area contributed by atoms with Crippen LogP contribution in [0.5, 0.6) is 0 Å². The van der Waals surface area contributed by atoms with E-state index >= 15 is 0 Å². The summed E-state index contributed by atoms with van der Waals surface area (Å²) in [5.74, 6) is -0.0405. The highest BCUT2D eigenvalue weighted by atomic mass is 35.5. The van der Waals surface area contributed by atoms with Crippen molar-refractivity contribution < 1.29 is 4.79 Å². The lowest BCUT2D eigenvalue weighted by Gasteiger charge is -2.27. The zero-order chi connectivity index (χ0) is 17.2. The van der Waals surface area contributed by atoms with E-state index in [2.05, 4.69) is 35.6 Å². The third kappa shape index (κ3) is 3.60. The van der Waals surface area contributed by atoms with E-state index in [-0.39, 0.29) is 12.3 Å². The van der Waals surface area contributed by atoms with Crippen LogP contribution in [0.15, 0.2) is 66.7 Å². The molecule has 0 heterocycles. The third-order valence-corrected chi connectivity index (χ3v) is 4.60. The molecule has 0 unspecified atom stereocenters. The lowest BCUT2D eigenvalue weighted by molar-refractivity contribution is -0.122. The minimum atomic E-state index is -0.456. The van der Waals surface area contributed by atoms with Gasteiger partial charge in [0.2, 0.25) is 5.91 Å². The van der Waals surface area contributed by atoms with Crippen LogP contribution in [0.4, 0.5) is 0 Å². The fourth-order valence-electron chi connectivity index (χ4n) is 2.86. The van der Waals surface area contributed by atoms with Gasteiger partial charge in [0.25, 0.3) is 0 Å². The smallest absolute Gasteiger partial charge is 0.225 e. The van der Waals surface area contributed by atoms with Gasteiger partial charge in [0.15, 0.2) is 0 Å². The van der Waals surface area contributed by atoms with E-state index < -0.39 is 5.54 Å². The van der Waals surface area contributed by atoms with Crippen molar-refractivity contribution in [2.75, 3.05) is 0 Å². The van der Waals surface area contributed by atoms with Gasteiger partial charge in [-0.15, -0.1) is 0 Å². The molecule has 0 bridgehead atoms. The van der Waals surface area contributed by atoms with E-state index in [1.165, 1.54) is 10.8 Å². The summed E-state index contributed by atoms with van der Waals surface area (Å²) in [4.78, 5) is 12.4. The van der Waals surface area contributed by atoms with Crippen LogP contribution in [0.1, 0.15) is 25.0 Å². The van der Waals surface area contributed by atoms with Crippen molar-refractivity contribution in [2.45, 2.75) is 25.8 Å². The molecule has 3 aromatic rings. The molecule has 24 heavy (non-hydrogen) atoms. The SMILES string of the molecule is CC(C)(NC(=O)Cc1ccccc1Cl)c1ccc2ccccc2c1. The number of hydrogen-bond donors (Lipinski definition) is 1. The number of benzene rings is 3. The van der Waals surface area contributed by atoms with Gasteiger partial charge in [-0.25, -0.2) is 0 Å². The number of carbonyl (C=O) groups excluding carboxylic acids is 1. The van der Waals surface area contributed by atoms with Crippen LogP contribution >= 0.6 is 11.6 Å². The van der Waals surface area contributed by atoms with Crippen molar-refractivity contribution in [3.8, 4) is 0 Å². The zero-order valence-corrected chi connectivity index (χ0v) is 14.6. The molecule has 0 fully saturated rings. The highest BCUT2D eigenvalue weighted by molar-refractivity contribution is 6.31. The maximum Gasteiger partial charge on any atom is 0.225 e. The van der Waals surface area contributed by atoms with Gasteiger partial charge in [-0.05, 0) is 47.9 Å². The summed E-state index contributed by atoms with van der Waals surface area (Å²) in [5, 5.41) is 6.10. The molecule has 3 rings (SSSR count). The quantitative estimate of drug-likeness (QED) is 0.706. The first-order valence-corrected chi connectivity index (χ1v) is 8.37. The lowest BCUT2D eigenvalue weighted by Crippen LogP contribution is -2.41. The number of carbonyl (C=O) groups is 1. The number of fused-ring (bicyclic) bond motifs is 1. The predicted molar refractivity (Wildman–Crippen MR) is 100 cm³/mol. The number of amides is 1. The minimum Gasteiger partial charge on any atom is -0.347 e. The normalized spacial score (nSPS) is 11.5. The van der Waals surface area contributed by atoms with Crippen LogP contribution in [0.25, 0.3) is 10.8 Å². The summed E-state index contributed by atoms with van der Waals surface area (Å²) in [7, 11) is 0. The Morgan fingerprint density at radius 3 is 2.38 bits per heavy atom. The van der Waals surface area contributed by atoms with E-state index in [0.29, 0.717) is 5.02 Å². The van der Waals surface area contributed by atoms with E-state index in [9.17, 15) is 4.79 Å². The molecule has 0 aromatic heterocycles. The second kappa shape index (κ2) is 6.66. The summed E-state index contributed by atoms with van der Waals surface area (Å²) in [5.41, 5.74) is 1.46. The van der Waals surface area contributed by atoms with E-state index in [0.717, 1.165) is 11.1 Å². The standard InChI is InChI=1S/C21H20ClNO/c1-21(2,18-12-11-15-7-3-4-8-16(15)13-18)23-20(24)14-17-9-5-6-10-19(17)22/h3-13H,14H2,1-2H3,(H,23,24). The maximum atomic E-state index is 12.4. The van der Waals surface area contributed by atoms with Crippen molar-refractivity contribution in [1.29, 1.82) is 0 Å². The van der Waals surface area contributed by atoms with Gasteiger partial charge in [-0.1, -0.05) is 66.2 Å². The summed E-state index contributed by atoms with van der Waals surface area (Å²) in [6.07, 6.45) is 0.274. The largest absolute Gasteiger partial charge is 0.347 e. The number of halogens is 1. The Morgan fingerprint density at radius 2 is 1.62 bits per heavy atom. The van der Waals surface area contributed by atoms with Gasteiger partial charge in [-0.3, -0.25) is 4.79 Å². The second-order valence-electron chi connectivity index (χ2n) is 6.50. The molecule has 122 valence electrons. The highest BCUT2D eigenvalue weighted by Crippen LogP contribution is 2.25. The fraction of sp³-hybridized carbons (Fsp3) is 0.190. The molecule has 3 heteroatoms. The first-order valence-electron chi connectivity index (χ1n) is 7.99. The Kier molecular flexibility index (Phi) is 4.59. The van der Waals surface area contributed by atoms with Gasteiger partial charge < -0.3 is 5.32 Å². The molecule has 2 nitrogen and oxygen atoms in total. The highest BCUT2D eigenvalue weighted by Gasteiger charge is 2.23. The van der Waals surface area contributed by atoms with Crippen LogP contribution in [0, 0.1) is 0 Å². The van der Waals surface area contributed by atoms with Crippen LogP contribution < -0.4 is 5.32 Å². The van der Waals surface area contributed by atoms with E-state index in [4.69, 9.17) is 11.6 Å². The zero-order valence-electron chi connectivity index (χ0n) is 13.8. The average Bonchev–Trinajstić information content (AvgIpc) is 2.56. The monoisotopic (exact) mass is 337 g/mol. The summed E-state index contributed by atoms with van der Waals surface area (Å²) >= 11 is 6.14. The van der Waals surface area contributed by atoms with Crippen LogP contribution in [0.3, 0.4) is 0 Å². The number of rotatable bonds is 4. The van der Waals surface area contributed by atoms with Gasteiger partial charge in [0.05, 0.1) is 12.0 Å². The molecule has 0 aliphatic heterocycles. The molecule has 1 amide bonds. The van der Waals surface area contributed by atoms with Crippen molar-refractivity contribution >= 4 is 28.3 Å². The minimum absolute atomic E-state index is 0.0405.